The zero-order chi connectivity index (χ0) is 26.5. The highest BCUT2D eigenvalue weighted by Gasteiger charge is 2.27. The summed E-state index contributed by atoms with van der Waals surface area (Å²) < 4.78 is 43.3. The van der Waals surface area contributed by atoms with Gasteiger partial charge in [0, 0.05) is 16.7 Å². The van der Waals surface area contributed by atoms with Crippen molar-refractivity contribution in [2.24, 2.45) is 0 Å². The zero-order valence-electron chi connectivity index (χ0n) is 20.7. The van der Waals surface area contributed by atoms with Gasteiger partial charge in [0.05, 0.1) is 51.4 Å². The third-order valence-corrected chi connectivity index (χ3v) is 6.99. The Hall–Kier alpha value is -3.43. The van der Waals surface area contributed by atoms with Crippen LogP contribution in [0.2, 0.25) is 5.02 Å². The molecular weight excluding hydrogens is 504 g/mol. The molecule has 0 saturated heterocycles. The van der Waals surface area contributed by atoms with Crippen LogP contribution in [0.5, 0.6) is 17.2 Å². The summed E-state index contributed by atoms with van der Waals surface area (Å²) in [5.74, 6) is 0.704. The van der Waals surface area contributed by atoms with Crippen molar-refractivity contribution in [3.05, 3.63) is 82.4 Å². The van der Waals surface area contributed by atoms with E-state index >= 15 is 0 Å². The Bertz CT molecular complexity index is 1330. The first-order chi connectivity index (χ1) is 17.1. The molecule has 0 aliphatic heterocycles. The Balaban J connectivity index is 2.09. The Morgan fingerprint density at radius 3 is 2.11 bits per heavy atom. The number of carbonyl (C=O) groups is 1. The first kappa shape index (κ1) is 27.2. The number of benzene rings is 3. The minimum Gasteiger partial charge on any atom is -0.496 e. The fraction of sp³-hybridized carbons (Fsp3) is 0.269. The summed E-state index contributed by atoms with van der Waals surface area (Å²) in [4.78, 5) is 13.6. The van der Waals surface area contributed by atoms with Crippen LogP contribution in [0.15, 0.2) is 60.7 Å². The molecule has 1 N–H and O–H groups in total. The number of nitrogens with zero attached hydrogens (tertiary/aromatic N) is 1. The number of rotatable bonds is 10. The molecule has 0 saturated carbocycles. The van der Waals surface area contributed by atoms with Crippen molar-refractivity contribution in [2.45, 2.75) is 19.5 Å². The molecular formula is C26H29ClN2O6S. The molecule has 0 radical (unpaired) electrons. The summed E-state index contributed by atoms with van der Waals surface area (Å²) >= 11 is 5.99. The molecule has 1 atom stereocenters. The highest BCUT2D eigenvalue weighted by molar-refractivity contribution is 7.92. The van der Waals surface area contributed by atoms with Crippen LogP contribution < -0.4 is 23.8 Å². The van der Waals surface area contributed by atoms with Crippen LogP contribution in [0.4, 0.5) is 5.69 Å². The molecule has 0 aliphatic carbocycles. The predicted octanol–water partition coefficient (Wildman–Crippen LogP) is 4.82. The molecule has 0 aliphatic rings. The van der Waals surface area contributed by atoms with Gasteiger partial charge in [0.15, 0.2) is 11.5 Å². The molecule has 0 aromatic heterocycles. The minimum atomic E-state index is -3.81. The molecule has 0 fully saturated rings. The monoisotopic (exact) mass is 532 g/mol. The number of hydrogen-bond acceptors (Lipinski definition) is 6. The van der Waals surface area contributed by atoms with Crippen molar-refractivity contribution in [3.8, 4) is 17.2 Å². The number of nitrogens with one attached hydrogen (secondary N) is 1. The van der Waals surface area contributed by atoms with E-state index in [9.17, 15) is 13.2 Å². The number of methoxy groups -OCH3 is 3. The third kappa shape index (κ3) is 6.22. The van der Waals surface area contributed by atoms with Crippen LogP contribution in [0.1, 0.15) is 34.5 Å². The van der Waals surface area contributed by atoms with Gasteiger partial charge in [-0.2, -0.15) is 0 Å². The van der Waals surface area contributed by atoms with Crippen LogP contribution in [0, 0.1) is 0 Å². The average molecular weight is 533 g/mol. The topological polar surface area (TPSA) is 94.2 Å². The molecule has 3 aromatic rings. The second kappa shape index (κ2) is 11.5. The van der Waals surface area contributed by atoms with E-state index in [1.54, 1.807) is 37.4 Å². The number of anilines is 1. The summed E-state index contributed by atoms with van der Waals surface area (Å²) in [7, 11) is 0.625. The molecule has 3 aromatic carbocycles. The maximum Gasteiger partial charge on any atom is 0.254 e. The number of halogens is 1. The number of carbonyl (C=O) groups excluding carboxylic acids is 1. The Morgan fingerprint density at radius 2 is 1.53 bits per heavy atom. The SMILES string of the molecule is COc1cc(C(=O)N[C@@H](C)c2ccccc2OC)c(N(Cc2ccc(Cl)cc2)S(C)(=O)=O)cc1OC. The number of hydrogen-bond donors (Lipinski definition) is 1. The van der Waals surface area contributed by atoms with Gasteiger partial charge < -0.3 is 19.5 Å². The van der Waals surface area contributed by atoms with Crippen LogP contribution in [0.25, 0.3) is 0 Å². The van der Waals surface area contributed by atoms with E-state index in [-0.39, 0.29) is 29.3 Å². The van der Waals surface area contributed by atoms with Crippen LogP contribution in [-0.4, -0.2) is 41.9 Å². The lowest BCUT2D eigenvalue weighted by molar-refractivity contribution is 0.0939. The van der Waals surface area contributed by atoms with E-state index in [2.05, 4.69) is 5.32 Å². The summed E-state index contributed by atoms with van der Waals surface area (Å²) in [6.45, 7) is 1.80. The minimum absolute atomic E-state index is 0.0200. The van der Waals surface area contributed by atoms with Gasteiger partial charge in [0.1, 0.15) is 5.75 Å². The highest BCUT2D eigenvalue weighted by Crippen LogP contribution is 2.37. The van der Waals surface area contributed by atoms with Gasteiger partial charge in [-0.05, 0) is 36.8 Å². The normalized spacial score (nSPS) is 11.9. The fourth-order valence-electron chi connectivity index (χ4n) is 3.77. The maximum absolute atomic E-state index is 13.6. The van der Waals surface area contributed by atoms with Crippen molar-refractivity contribution < 1.29 is 27.4 Å². The standard InChI is InChI=1S/C26H29ClN2O6S/c1-17(20-8-6-7-9-23(20)33-2)28-26(30)21-14-24(34-3)25(35-4)15-22(21)29(36(5,31)32)16-18-10-12-19(27)13-11-18/h6-15,17H,16H2,1-5H3,(H,28,30)/t17-/m0/s1. The number of amides is 1. The first-order valence-electron chi connectivity index (χ1n) is 11.0. The smallest absolute Gasteiger partial charge is 0.254 e. The summed E-state index contributed by atoms with van der Waals surface area (Å²) in [5.41, 5.74) is 1.72. The van der Waals surface area contributed by atoms with Crippen LogP contribution in [-0.2, 0) is 16.6 Å². The highest BCUT2D eigenvalue weighted by atomic mass is 35.5. The quantitative estimate of drug-likeness (QED) is 0.402. The lowest BCUT2D eigenvalue weighted by atomic mass is 10.1. The number of para-hydroxylation sites is 1. The number of ether oxygens (including phenoxy) is 3. The summed E-state index contributed by atoms with van der Waals surface area (Å²) in [6.07, 6.45) is 1.08. The van der Waals surface area contributed by atoms with Crippen molar-refractivity contribution in [3.63, 3.8) is 0 Å². The molecule has 0 bridgehead atoms. The van der Waals surface area contributed by atoms with Crippen molar-refractivity contribution in [1.82, 2.24) is 5.32 Å². The predicted molar refractivity (Wildman–Crippen MR) is 141 cm³/mol. The first-order valence-corrected chi connectivity index (χ1v) is 13.2. The van der Waals surface area contributed by atoms with E-state index in [1.807, 2.05) is 25.1 Å². The van der Waals surface area contributed by atoms with E-state index in [4.69, 9.17) is 25.8 Å². The molecule has 1 amide bonds. The van der Waals surface area contributed by atoms with Gasteiger partial charge in [-0.15, -0.1) is 0 Å². The van der Waals surface area contributed by atoms with Gasteiger partial charge in [0.2, 0.25) is 10.0 Å². The van der Waals surface area contributed by atoms with Crippen LogP contribution in [0.3, 0.4) is 0 Å². The van der Waals surface area contributed by atoms with E-state index < -0.39 is 22.0 Å². The zero-order valence-corrected chi connectivity index (χ0v) is 22.3. The van der Waals surface area contributed by atoms with Gasteiger partial charge in [-0.25, -0.2) is 8.42 Å². The Kier molecular flexibility index (Phi) is 8.70. The van der Waals surface area contributed by atoms with Crippen molar-refractivity contribution in [1.29, 1.82) is 0 Å². The molecule has 3 rings (SSSR count). The maximum atomic E-state index is 13.6. The van der Waals surface area contributed by atoms with Crippen LogP contribution >= 0.6 is 11.6 Å². The van der Waals surface area contributed by atoms with Gasteiger partial charge >= 0.3 is 0 Å². The Morgan fingerprint density at radius 1 is 0.944 bits per heavy atom. The second-order valence-corrected chi connectivity index (χ2v) is 10.4. The molecule has 0 unspecified atom stereocenters. The van der Waals surface area contributed by atoms with E-state index in [0.29, 0.717) is 16.3 Å². The van der Waals surface area contributed by atoms with Crippen molar-refractivity contribution in [2.75, 3.05) is 31.9 Å². The molecule has 8 nitrogen and oxygen atoms in total. The largest absolute Gasteiger partial charge is 0.496 e. The summed E-state index contributed by atoms with van der Waals surface area (Å²) in [5, 5.41) is 3.47. The number of sulfonamides is 1. The molecule has 192 valence electrons. The molecule has 10 heteroatoms. The lowest BCUT2D eigenvalue weighted by Crippen LogP contribution is -2.33. The fourth-order valence-corrected chi connectivity index (χ4v) is 4.79. The Labute approximate surface area is 216 Å². The molecule has 36 heavy (non-hydrogen) atoms. The van der Waals surface area contributed by atoms with E-state index in [0.717, 1.165) is 16.1 Å². The van der Waals surface area contributed by atoms with Crippen molar-refractivity contribution >= 4 is 33.2 Å². The van der Waals surface area contributed by atoms with Gasteiger partial charge in [-0.3, -0.25) is 9.10 Å². The second-order valence-electron chi connectivity index (χ2n) is 8.06. The third-order valence-electron chi connectivity index (χ3n) is 5.61. The molecule has 0 heterocycles. The molecule has 0 spiro atoms. The van der Waals surface area contributed by atoms with Gasteiger partial charge in [0.25, 0.3) is 5.91 Å². The van der Waals surface area contributed by atoms with E-state index in [1.165, 1.54) is 26.4 Å². The average Bonchev–Trinajstić information content (AvgIpc) is 2.86. The lowest BCUT2D eigenvalue weighted by Gasteiger charge is -2.27. The van der Waals surface area contributed by atoms with Gasteiger partial charge in [-0.1, -0.05) is 41.9 Å². The summed E-state index contributed by atoms with van der Waals surface area (Å²) in [6, 6.07) is 16.7.